The third-order valence-electron chi connectivity index (χ3n) is 6.06. The summed E-state index contributed by atoms with van der Waals surface area (Å²) >= 11 is 0. The van der Waals surface area contributed by atoms with Crippen LogP contribution in [0.2, 0.25) is 0 Å². The number of aryl methyl sites for hydroxylation is 1. The monoisotopic (exact) mass is 287 g/mol. The number of carbonyl (C=O) groups excluding carboxylic acids is 1. The molecule has 1 aromatic heterocycles. The standard InChI is InChI=1S/C18H25NO2/c1-11-3-4-16(21-11)12(2)19-17(20)18-8-13-5-14(9-18)7-15(6-13)10-18/h3-4,12-15H,5-10H2,1-2H3,(H,19,20). The van der Waals surface area contributed by atoms with E-state index < -0.39 is 0 Å². The Morgan fingerprint density at radius 3 is 2.24 bits per heavy atom. The van der Waals surface area contributed by atoms with Gasteiger partial charge < -0.3 is 9.73 Å². The van der Waals surface area contributed by atoms with Gasteiger partial charge in [-0.2, -0.15) is 0 Å². The highest BCUT2D eigenvalue weighted by atomic mass is 16.3. The molecule has 1 N–H and O–H groups in total. The lowest BCUT2D eigenvalue weighted by atomic mass is 9.49. The Bertz CT molecular complexity index is 524. The zero-order chi connectivity index (χ0) is 14.6. The average Bonchev–Trinajstić information content (AvgIpc) is 2.84. The number of carbonyl (C=O) groups is 1. The molecule has 0 radical (unpaired) electrons. The molecule has 4 saturated carbocycles. The van der Waals surface area contributed by atoms with E-state index >= 15 is 0 Å². The predicted octanol–water partition coefficient (Wildman–Crippen LogP) is 3.98. The molecule has 0 spiro atoms. The first-order valence-electron chi connectivity index (χ1n) is 8.41. The molecular formula is C18H25NO2. The lowest BCUT2D eigenvalue weighted by Gasteiger charge is -2.55. The Hall–Kier alpha value is -1.25. The maximum Gasteiger partial charge on any atom is 0.226 e. The third-order valence-corrected chi connectivity index (χ3v) is 6.06. The van der Waals surface area contributed by atoms with Gasteiger partial charge in [-0.3, -0.25) is 4.79 Å². The Balaban J connectivity index is 1.50. The van der Waals surface area contributed by atoms with Gasteiger partial charge in [0.05, 0.1) is 6.04 Å². The molecule has 0 aromatic carbocycles. The fraction of sp³-hybridized carbons (Fsp3) is 0.722. The van der Waals surface area contributed by atoms with E-state index in [1.165, 1.54) is 19.3 Å². The van der Waals surface area contributed by atoms with Crippen LogP contribution in [-0.4, -0.2) is 5.91 Å². The second-order valence-electron chi connectivity index (χ2n) is 7.84. The SMILES string of the molecule is Cc1ccc(C(C)NC(=O)C23CC4CC(CC(C4)C2)C3)o1. The van der Waals surface area contributed by atoms with Crippen molar-refractivity contribution in [2.75, 3.05) is 0 Å². The molecule has 3 heteroatoms. The van der Waals surface area contributed by atoms with Crippen LogP contribution in [0.25, 0.3) is 0 Å². The number of hydrogen-bond acceptors (Lipinski definition) is 2. The minimum atomic E-state index is -0.0648. The van der Waals surface area contributed by atoms with E-state index in [-0.39, 0.29) is 17.4 Å². The fourth-order valence-corrected chi connectivity index (χ4v) is 5.50. The molecule has 3 nitrogen and oxygen atoms in total. The summed E-state index contributed by atoms with van der Waals surface area (Å²) in [6.45, 7) is 3.97. The van der Waals surface area contributed by atoms with Crippen molar-refractivity contribution in [3.8, 4) is 0 Å². The minimum absolute atomic E-state index is 0.0285. The van der Waals surface area contributed by atoms with Gasteiger partial charge in [-0.25, -0.2) is 0 Å². The minimum Gasteiger partial charge on any atom is -0.464 e. The normalized spacial score (nSPS) is 38.5. The first kappa shape index (κ1) is 13.4. The topological polar surface area (TPSA) is 42.2 Å². The molecule has 4 aliphatic rings. The molecule has 4 fully saturated rings. The van der Waals surface area contributed by atoms with Crippen molar-refractivity contribution in [3.05, 3.63) is 23.7 Å². The van der Waals surface area contributed by atoms with Crippen LogP contribution in [0.5, 0.6) is 0 Å². The summed E-state index contributed by atoms with van der Waals surface area (Å²) in [5.41, 5.74) is -0.0648. The highest BCUT2D eigenvalue weighted by Gasteiger charge is 2.54. The van der Waals surface area contributed by atoms with Crippen molar-refractivity contribution >= 4 is 5.91 Å². The van der Waals surface area contributed by atoms with E-state index in [0.29, 0.717) is 0 Å². The lowest BCUT2D eigenvalue weighted by Crippen LogP contribution is -2.53. The van der Waals surface area contributed by atoms with Crippen LogP contribution in [0.15, 0.2) is 16.5 Å². The van der Waals surface area contributed by atoms with Crippen molar-refractivity contribution < 1.29 is 9.21 Å². The maximum atomic E-state index is 12.9. The van der Waals surface area contributed by atoms with Crippen LogP contribution in [-0.2, 0) is 4.79 Å². The van der Waals surface area contributed by atoms with Gasteiger partial charge in [-0.15, -0.1) is 0 Å². The van der Waals surface area contributed by atoms with E-state index in [0.717, 1.165) is 48.5 Å². The molecule has 4 bridgehead atoms. The van der Waals surface area contributed by atoms with Gasteiger partial charge in [0, 0.05) is 5.41 Å². The number of furan rings is 1. The van der Waals surface area contributed by atoms with E-state index in [1.807, 2.05) is 26.0 Å². The smallest absolute Gasteiger partial charge is 0.226 e. The zero-order valence-corrected chi connectivity index (χ0v) is 13.0. The van der Waals surface area contributed by atoms with Crippen molar-refractivity contribution in [1.82, 2.24) is 5.32 Å². The van der Waals surface area contributed by atoms with Crippen LogP contribution in [0, 0.1) is 30.1 Å². The van der Waals surface area contributed by atoms with Gasteiger partial charge in [0.2, 0.25) is 5.91 Å². The number of nitrogens with one attached hydrogen (secondary N) is 1. The Kier molecular flexibility index (Phi) is 2.95. The van der Waals surface area contributed by atoms with Crippen molar-refractivity contribution in [2.24, 2.45) is 23.2 Å². The number of rotatable bonds is 3. The predicted molar refractivity (Wildman–Crippen MR) is 80.6 cm³/mol. The van der Waals surface area contributed by atoms with Crippen LogP contribution in [0.1, 0.15) is 63.0 Å². The van der Waals surface area contributed by atoms with E-state index in [9.17, 15) is 4.79 Å². The zero-order valence-electron chi connectivity index (χ0n) is 13.0. The average molecular weight is 287 g/mol. The van der Waals surface area contributed by atoms with Gasteiger partial charge in [0.25, 0.3) is 0 Å². The number of hydrogen-bond donors (Lipinski definition) is 1. The molecule has 114 valence electrons. The summed E-state index contributed by atoms with van der Waals surface area (Å²) in [6, 6.07) is 3.90. The quantitative estimate of drug-likeness (QED) is 0.913. The first-order chi connectivity index (χ1) is 10.0. The second-order valence-corrected chi connectivity index (χ2v) is 7.84. The number of amides is 1. The van der Waals surface area contributed by atoms with Crippen LogP contribution in [0.4, 0.5) is 0 Å². The Morgan fingerprint density at radius 2 is 1.76 bits per heavy atom. The van der Waals surface area contributed by atoms with E-state index in [2.05, 4.69) is 5.32 Å². The summed E-state index contributed by atoms with van der Waals surface area (Å²) in [5, 5.41) is 3.23. The molecule has 21 heavy (non-hydrogen) atoms. The maximum absolute atomic E-state index is 12.9. The first-order valence-corrected chi connectivity index (χ1v) is 8.41. The molecule has 0 saturated heterocycles. The van der Waals surface area contributed by atoms with Crippen LogP contribution >= 0.6 is 0 Å². The Labute approximate surface area is 126 Å². The van der Waals surface area contributed by atoms with Crippen molar-refractivity contribution in [2.45, 2.75) is 58.4 Å². The summed E-state index contributed by atoms with van der Waals surface area (Å²) in [4.78, 5) is 12.9. The summed E-state index contributed by atoms with van der Waals surface area (Å²) in [5.74, 6) is 4.48. The lowest BCUT2D eigenvalue weighted by molar-refractivity contribution is -0.147. The molecule has 1 heterocycles. The highest BCUT2D eigenvalue weighted by Crippen LogP contribution is 2.60. The molecule has 1 amide bonds. The van der Waals surface area contributed by atoms with Gasteiger partial charge >= 0.3 is 0 Å². The molecule has 1 aromatic rings. The van der Waals surface area contributed by atoms with Crippen LogP contribution in [0.3, 0.4) is 0 Å². The van der Waals surface area contributed by atoms with Gasteiger partial charge in [-0.05, 0) is 82.3 Å². The molecule has 1 unspecified atom stereocenters. The summed E-state index contributed by atoms with van der Waals surface area (Å²) < 4.78 is 5.65. The third kappa shape index (κ3) is 2.21. The molecule has 4 aliphatic carbocycles. The van der Waals surface area contributed by atoms with Crippen molar-refractivity contribution in [3.63, 3.8) is 0 Å². The van der Waals surface area contributed by atoms with Crippen molar-refractivity contribution in [1.29, 1.82) is 0 Å². The van der Waals surface area contributed by atoms with Gasteiger partial charge in [0.1, 0.15) is 11.5 Å². The highest BCUT2D eigenvalue weighted by molar-refractivity contribution is 5.83. The molecular weight excluding hydrogens is 262 g/mol. The van der Waals surface area contributed by atoms with Gasteiger partial charge in [-0.1, -0.05) is 0 Å². The summed E-state index contributed by atoms with van der Waals surface area (Å²) in [7, 11) is 0. The van der Waals surface area contributed by atoms with E-state index in [1.54, 1.807) is 0 Å². The second kappa shape index (κ2) is 4.62. The molecule has 0 aliphatic heterocycles. The largest absolute Gasteiger partial charge is 0.464 e. The fourth-order valence-electron chi connectivity index (χ4n) is 5.50. The Morgan fingerprint density at radius 1 is 1.19 bits per heavy atom. The molecule has 1 atom stereocenters. The van der Waals surface area contributed by atoms with Crippen LogP contribution < -0.4 is 5.32 Å². The van der Waals surface area contributed by atoms with E-state index in [4.69, 9.17) is 4.42 Å². The van der Waals surface area contributed by atoms with Gasteiger partial charge in [0.15, 0.2) is 0 Å². The summed E-state index contributed by atoms with van der Waals surface area (Å²) in [6.07, 6.45) is 7.48. The molecule has 5 rings (SSSR count).